The maximum atomic E-state index is 12.2. The number of aromatic amines is 1. The van der Waals surface area contributed by atoms with Gasteiger partial charge in [0, 0.05) is 22.2 Å². The zero-order chi connectivity index (χ0) is 19.0. The molecule has 1 amide bonds. The van der Waals surface area contributed by atoms with Crippen LogP contribution in [0.4, 0.5) is 0 Å². The smallest absolute Gasteiger partial charge is 0.321 e. The van der Waals surface area contributed by atoms with Crippen molar-refractivity contribution >= 4 is 28.7 Å². The van der Waals surface area contributed by atoms with Gasteiger partial charge in [0.2, 0.25) is 0 Å². The number of hydrazone groups is 1. The average molecular weight is 363 g/mol. The Hall–Kier alpha value is -3.75. The highest BCUT2D eigenvalue weighted by atomic mass is 16.3. The molecule has 136 valence electrons. The number of rotatable bonds is 4. The summed E-state index contributed by atoms with van der Waals surface area (Å²) in [6.07, 6.45) is 3.00. The van der Waals surface area contributed by atoms with E-state index in [-0.39, 0.29) is 17.9 Å². The van der Waals surface area contributed by atoms with Crippen LogP contribution in [0.15, 0.2) is 41.8 Å². The maximum absolute atomic E-state index is 12.2. The van der Waals surface area contributed by atoms with Gasteiger partial charge in [0.25, 0.3) is 12.2 Å². The molecule has 9 heteroatoms. The van der Waals surface area contributed by atoms with Crippen molar-refractivity contribution in [1.82, 2.24) is 25.1 Å². The molecule has 1 aromatic carbocycles. The minimum atomic E-state index is -0.394. The summed E-state index contributed by atoms with van der Waals surface area (Å²) in [4.78, 5) is 15.5. The van der Waals surface area contributed by atoms with Crippen LogP contribution in [0, 0.1) is 13.8 Å². The summed E-state index contributed by atoms with van der Waals surface area (Å²) in [5.41, 5.74) is 6.16. The highest BCUT2D eigenvalue weighted by Gasteiger charge is 2.17. The third-order valence-corrected chi connectivity index (χ3v) is 4.21. The molecule has 4 aromatic rings. The predicted octanol–water partition coefficient (Wildman–Crippen LogP) is 0.339. The lowest BCUT2D eigenvalue weighted by atomic mass is 10.1. The van der Waals surface area contributed by atoms with Gasteiger partial charge in [-0.2, -0.15) is 5.10 Å². The van der Waals surface area contributed by atoms with Crippen LogP contribution in [-0.4, -0.2) is 31.8 Å². The van der Waals surface area contributed by atoms with E-state index in [9.17, 15) is 9.90 Å². The number of carbonyl (C=O) groups excluding carboxylic acids is 1. The lowest BCUT2D eigenvalue weighted by molar-refractivity contribution is -0.717. The van der Waals surface area contributed by atoms with Gasteiger partial charge in [-0.3, -0.25) is 4.79 Å². The molecule has 0 unspecified atom stereocenters. The lowest BCUT2D eigenvalue weighted by Crippen LogP contribution is -2.44. The Balaban J connectivity index is 1.50. The van der Waals surface area contributed by atoms with E-state index in [1.807, 2.05) is 31.2 Å². The number of nitrogens with one attached hydrogen (secondary N) is 2. The van der Waals surface area contributed by atoms with Crippen LogP contribution >= 0.6 is 0 Å². The molecule has 2 N–H and O–H groups in total. The number of carbonyl (C=O) groups is 1. The fraction of sp³-hybridized carbons (Fsp3) is 0.167. The summed E-state index contributed by atoms with van der Waals surface area (Å²) >= 11 is 0. The van der Waals surface area contributed by atoms with E-state index in [0.29, 0.717) is 5.69 Å². The van der Waals surface area contributed by atoms with Crippen molar-refractivity contribution in [3.8, 4) is 5.75 Å². The summed E-state index contributed by atoms with van der Waals surface area (Å²) in [7, 11) is 0. The van der Waals surface area contributed by atoms with Crippen LogP contribution in [0.2, 0.25) is 0 Å². The highest BCUT2D eigenvalue weighted by Crippen LogP contribution is 2.19. The number of aryl methyl sites for hydroxylation is 2. The van der Waals surface area contributed by atoms with E-state index in [1.54, 1.807) is 13.1 Å². The molecule has 0 atom stereocenters. The van der Waals surface area contributed by atoms with Gasteiger partial charge in [0.1, 0.15) is 0 Å². The molecule has 3 aromatic heterocycles. The van der Waals surface area contributed by atoms with Crippen molar-refractivity contribution in [2.24, 2.45) is 5.10 Å². The molecule has 4 rings (SSSR count). The third kappa shape index (κ3) is 3.10. The minimum absolute atomic E-state index is 0.138. The zero-order valence-corrected chi connectivity index (χ0v) is 14.8. The molecular weight excluding hydrogens is 346 g/mol. The molecule has 0 aliphatic carbocycles. The number of benzene rings is 1. The highest BCUT2D eigenvalue weighted by molar-refractivity contribution is 6.00. The average Bonchev–Trinajstić information content (AvgIpc) is 3.16. The number of hydrogen-bond acceptors (Lipinski definition) is 5. The van der Waals surface area contributed by atoms with Gasteiger partial charge in [0.15, 0.2) is 6.54 Å². The van der Waals surface area contributed by atoms with Crippen LogP contribution in [0.1, 0.15) is 17.0 Å². The second-order valence-electron chi connectivity index (χ2n) is 6.21. The molecular formula is C18H17N7O2. The van der Waals surface area contributed by atoms with E-state index >= 15 is 0 Å². The van der Waals surface area contributed by atoms with Gasteiger partial charge in [0.05, 0.1) is 11.9 Å². The van der Waals surface area contributed by atoms with E-state index in [0.717, 1.165) is 22.2 Å². The second kappa shape index (κ2) is 6.52. The summed E-state index contributed by atoms with van der Waals surface area (Å²) in [6.45, 7) is 3.53. The van der Waals surface area contributed by atoms with Crippen molar-refractivity contribution in [2.75, 3.05) is 0 Å². The molecule has 3 heterocycles. The SMILES string of the molecule is Cc1cc([O-])c2n(cn[n+]2CC(=O)N/N=C/c2c(C)[nH]c3ccccc23)n1. The van der Waals surface area contributed by atoms with Crippen LogP contribution in [0.5, 0.6) is 5.75 Å². The van der Waals surface area contributed by atoms with Gasteiger partial charge in [-0.15, -0.1) is 4.68 Å². The second-order valence-corrected chi connectivity index (χ2v) is 6.21. The topological polar surface area (TPSA) is 114 Å². The number of para-hydroxylation sites is 1. The van der Waals surface area contributed by atoms with Gasteiger partial charge in [-0.25, -0.2) is 5.43 Å². The maximum Gasteiger partial charge on any atom is 0.321 e. The number of fused-ring (bicyclic) bond motifs is 2. The van der Waals surface area contributed by atoms with Crippen molar-refractivity contribution in [3.63, 3.8) is 0 Å². The number of aromatic nitrogens is 5. The largest absolute Gasteiger partial charge is 0.867 e. The first-order valence-electron chi connectivity index (χ1n) is 8.34. The normalized spacial score (nSPS) is 11.6. The monoisotopic (exact) mass is 363 g/mol. The Morgan fingerprint density at radius 3 is 3.07 bits per heavy atom. The fourth-order valence-corrected chi connectivity index (χ4v) is 3.03. The molecule has 0 aliphatic heterocycles. The Labute approximate surface area is 153 Å². The molecule has 9 nitrogen and oxygen atoms in total. The molecule has 0 radical (unpaired) electrons. The minimum Gasteiger partial charge on any atom is -0.867 e. The first kappa shape index (κ1) is 16.7. The summed E-state index contributed by atoms with van der Waals surface area (Å²) in [5.74, 6) is -0.639. The number of H-pyrrole nitrogens is 1. The zero-order valence-electron chi connectivity index (χ0n) is 14.8. The molecule has 0 bridgehead atoms. The summed E-state index contributed by atoms with van der Waals surface area (Å²) in [6, 6.07) is 9.27. The van der Waals surface area contributed by atoms with Crippen LogP contribution in [-0.2, 0) is 11.3 Å². The first-order valence-corrected chi connectivity index (χ1v) is 8.34. The van der Waals surface area contributed by atoms with Gasteiger partial charge >= 0.3 is 5.65 Å². The number of hydrogen-bond donors (Lipinski definition) is 2. The van der Waals surface area contributed by atoms with E-state index in [4.69, 9.17) is 0 Å². The molecule has 0 saturated carbocycles. The Morgan fingerprint density at radius 1 is 1.41 bits per heavy atom. The molecule has 0 spiro atoms. The summed E-state index contributed by atoms with van der Waals surface area (Å²) in [5, 5.41) is 25.4. The summed E-state index contributed by atoms with van der Waals surface area (Å²) < 4.78 is 2.67. The molecule has 0 fully saturated rings. The van der Waals surface area contributed by atoms with Crippen molar-refractivity contribution in [1.29, 1.82) is 0 Å². The van der Waals surface area contributed by atoms with Crippen LogP contribution < -0.4 is 15.2 Å². The van der Waals surface area contributed by atoms with E-state index in [1.165, 1.54) is 21.6 Å². The number of amides is 1. The van der Waals surface area contributed by atoms with Gasteiger partial charge < -0.3 is 10.1 Å². The fourth-order valence-electron chi connectivity index (χ4n) is 3.03. The molecule has 0 saturated heterocycles. The lowest BCUT2D eigenvalue weighted by Gasteiger charge is -2.04. The van der Waals surface area contributed by atoms with Crippen molar-refractivity contribution in [2.45, 2.75) is 20.4 Å². The van der Waals surface area contributed by atoms with E-state index in [2.05, 4.69) is 25.7 Å². The molecule has 27 heavy (non-hydrogen) atoms. The Kier molecular flexibility index (Phi) is 4.03. The van der Waals surface area contributed by atoms with Crippen LogP contribution in [0.25, 0.3) is 16.6 Å². The van der Waals surface area contributed by atoms with Crippen LogP contribution in [0.3, 0.4) is 0 Å². The Bertz CT molecular complexity index is 1190. The standard InChI is InChI=1S/C18H17N7O2/c1-11-7-16(26)18-24(20-10-25(18)23-11)9-17(27)22-19-8-14-12(2)21-15-6-4-3-5-13(14)15/h3-8,10,23,26H,9H2,1-2H3. The predicted molar refractivity (Wildman–Crippen MR) is 96.1 cm³/mol. The quantitative estimate of drug-likeness (QED) is 0.309. The van der Waals surface area contributed by atoms with E-state index < -0.39 is 5.91 Å². The third-order valence-electron chi connectivity index (χ3n) is 4.21. The molecule has 0 aliphatic rings. The van der Waals surface area contributed by atoms with Crippen molar-refractivity contribution in [3.05, 3.63) is 53.6 Å². The van der Waals surface area contributed by atoms with Gasteiger partial charge in [-0.05, 0) is 36.8 Å². The Morgan fingerprint density at radius 2 is 2.22 bits per heavy atom. The van der Waals surface area contributed by atoms with Gasteiger partial charge in [-0.1, -0.05) is 27.8 Å². The van der Waals surface area contributed by atoms with Crippen molar-refractivity contribution < 1.29 is 14.6 Å². The number of nitrogens with zero attached hydrogens (tertiary/aromatic N) is 5. The first-order chi connectivity index (χ1) is 13.0.